The van der Waals surface area contributed by atoms with E-state index < -0.39 is 10.0 Å². The van der Waals surface area contributed by atoms with Gasteiger partial charge in [-0.1, -0.05) is 17.7 Å². The largest absolute Gasteiger partial charge is 0.466 e. The zero-order valence-corrected chi connectivity index (χ0v) is 19.8. The summed E-state index contributed by atoms with van der Waals surface area (Å²) < 4.78 is 35.0. The second-order valence-electron chi connectivity index (χ2n) is 8.44. The first-order valence-electron chi connectivity index (χ1n) is 11.2. The highest BCUT2D eigenvalue weighted by atomic mass is 32.2. The van der Waals surface area contributed by atoms with Crippen molar-refractivity contribution in [1.29, 1.82) is 0 Å². The summed E-state index contributed by atoms with van der Waals surface area (Å²) in [6, 6.07) is 8.41. The highest BCUT2D eigenvalue weighted by Gasteiger charge is 2.28. The molecule has 3 aromatic heterocycles. The Morgan fingerprint density at radius 1 is 1.24 bits per heavy atom. The van der Waals surface area contributed by atoms with E-state index in [1.807, 2.05) is 16.6 Å². The molecule has 1 aliphatic rings. The molecule has 1 aliphatic heterocycles. The van der Waals surface area contributed by atoms with Crippen LogP contribution in [0.15, 0.2) is 47.6 Å². The second kappa shape index (κ2) is 8.41. The lowest BCUT2D eigenvalue weighted by Gasteiger charge is -2.23. The SMILES string of the molecule is CCOC(=O)Cc1nc2cnc3c(ccn3S(=O)(=O)c3ccc(C)cc3)c2n1N1CC[C@H](N)C1. The lowest BCUT2D eigenvalue weighted by molar-refractivity contribution is -0.142. The lowest BCUT2D eigenvalue weighted by Crippen LogP contribution is -2.36. The number of carbonyl (C=O) groups excluding carboxylic acids is 1. The standard InChI is InChI=1S/C23H26N6O4S/c1-3-33-21(30)12-20-26-19-13-25-23-18(22(19)29(20)27-10-8-16(24)14-27)9-11-28(23)34(31,32)17-6-4-15(2)5-7-17/h4-7,9,11,13,16H,3,8,10,12,14,24H2,1-2H3/t16-/m0/s1. The summed E-state index contributed by atoms with van der Waals surface area (Å²) in [4.78, 5) is 21.6. The molecule has 0 bridgehead atoms. The maximum Gasteiger partial charge on any atom is 0.313 e. The van der Waals surface area contributed by atoms with Gasteiger partial charge in [-0.2, -0.15) is 0 Å². The summed E-state index contributed by atoms with van der Waals surface area (Å²) in [5.74, 6) is 0.122. The van der Waals surface area contributed by atoms with Gasteiger partial charge in [0.1, 0.15) is 23.3 Å². The number of carbonyl (C=O) groups is 1. The molecule has 0 saturated carbocycles. The Bertz CT molecular complexity index is 1490. The van der Waals surface area contributed by atoms with E-state index in [0.29, 0.717) is 41.0 Å². The minimum Gasteiger partial charge on any atom is -0.466 e. The summed E-state index contributed by atoms with van der Waals surface area (Å²) >= 11 is 0. The van der Waals surface area contributed by atoms with Gasteiger partial charge in [-0.05, 0) is 38.5 Å². The maximum atomic E-state index is 13.4. The molecule has 178 valence electrons. The number of nitrogens with two attached hydrogens (primary N) is 1. The fourth-order valence-corrected chi connectivity index (χ4v) is 5.69. The average Bonchev–Trinajstić information content (AvgIpc) is 3.50. The number of nitrogens with zero attached hydrogens (tertiary/aromatic N) is 5. The molecular weight excluding hydrogens is 456 g/mol. The van der Waals surface area contributed by atoms with E-state index in [2.05, 4.69) is 9.97 Å². The van der Waals surface area contributed by atoms with Crippen LogP contribution in [0.2, 0.25) is 0 Å². The molecule has 0 spiro atoms. The minimum atomic E-state index is -3.85. The van der Waals surface area contributed by atoms with Crippen molar-refractivity contribution in [3.8, 4) is 0 Å². The van der Waals surface area contributed by atoms with Crippen LogP contribution in [-0.4, -0.2) is 58.7 Å². The van der Waals surface area contributed by atoms with Crippen LogP contribution >= 0.6 is 0 Å². The van der Waals surface area contributed by atoms with Crippen molar-refractivity contribution in [2.45, 2.75) is 37.6 Å². The molecule has 0 unspecified atom stereocenters. The summed E-state index contributed by atoms with van der Waals surface area (Å²) in [5, 5.41) is 2.66. The molecule has 4 aromatic rings. The summed E-state index contributed by atoms with van der Waals surface area (Å²) in [5.41, 5.74) is 8.68. The van der Waals surface area contributed by atoms with Crippen LogP contribution < -0.4 is 10.7 Å². The van der Waals surface area contributed by atoms with Gasteiger partial charge in [0, 0.05) is 30.7 Å². The fourth-order valence-electron chi connectivity index (χ4n) is 4.39. The molecule has 0 aliphatic carbocycles. The number of rotatable bonds is 6. The number of ether oxygens (including phenoxy) is 1. The number of aromatic nitrogens is 4. The van der Waals surface area contributed by atoms with Crippen molar-refractivity contribution in [3.05, 3.63) is 54.1 Å². The molecule has 1 fully saturated rings. The van der Waals surface area contributed by atoms with Crippen molar-refractivity contribution in [2.75, 3.05) is 24.7 Å². The average molecular weight is 483 g/mol. The van der Waals surface area contributed by atoms with Gasteiger partial charge in [-0.25, -0.2) is 27.0 Å². The van der Waals surface area contributed by atoms with Crippen LogP contribution in [0.3, 0.4) is 0 Å². The molecule has 5 rings (SSSR count). The van der Waals surface area contributed by atoms with Crippen LogP contribution in [0.25, 0.3) is 22.1 Å². The quantitative estimate of drug-likeness (QED) is 0.412. The first-order valence-corrected chi connectivity index (χ1v) is 12.6. The van der Waals surface area contributed by atoms with Crippen LogP contribution in [0.5, 0.6) is 0 Å². The Kier molecular flexibility index (Phi) is 5.53. The van der Waals surface area contributed by atoms with Gasteiger partial charge < -0.3 is 15.5 Å². The first kappa shape index (κ1) is 22.4. The second-order valence-corrected chi connectivity index (χ2v) is 10.3. The van der Waals surface area contributed by atoms with Crippen molar-refractivity contribution < 1.29 is 17.9 Å². The van der Waals surface area contributed by atoms with Crippen molar-refractivity contribution in [3.63, 3.8) is 0 Å². The highest BCUT2D eigenvalue weighted by molar-refractivity contribution is 7.90. The molecule has 0 radical (unpaired) electrons. The van der Waals surface area contributed by atoms with Gasteiger partial charge in [0.15, 0.2) is 5.65 Å². The molecule has 1 atom stereocenters. The van der Waals surface area contributed by atoms with Crippen LogP contribution in [0, 0.1) is 6.92 Å². The van der Waals surface area contributed by atoms with Crippen molar-refractivity contribution in [2.24, 2.45) is 5.73 Å². The molecule has 2 N–H and O–H groups in total. The van der Waals surface area contributed by atoms with Crippen molar-refractivity contribution >= 4 is 38.1 Å². The van der Waals surface area contributed by atoms with E-state index in [-0.39, 0.29) is 29.9 Å². The molecule has 4 heterocycles. The van der Waals surface area contributed by atoms with Crippen molar-refractivity contribution in [1.82, 2.24) is 18.6 Å². The third-order valence-corrected chi connectivity index (χ3v) is 7.69. The smallest absolute Gasteiger partial charge is 0.313 e. The van der Waals surface area contributed by atoms with Gasteiger partial charge >= 0.3 is 5.97 Å². The van der Waals surface area contributed by atoms with Gasteiger partial charge in [0.25, 0.3) is 10.0 Å². The predicted octanol–water partition coefficient (Wildman–Crippen LogP) is 1.71. The number of aryl methyl sites for hydroxylation is 1. The molecule has 11 heteroatoms. The number of fused-ring (bicyclic) bond motifs is 3. The van der Waals surface area contributed by atoms with Crippen LogP contribution in [0.4, 0.5) is 0 Å². The van der Waals surface area contributed by atoms with E-state index in [4.69, 9.17) is 10.5 Å². The number of pyridine rings is 1. The molecule has 1 saturated heterocycles. The topological polar surface area (TPSA) is 125 Å². The maximum absolute atomic E-state index is 13.4. The Morgan fingerprint density at radius 3 is 2.68 bits per heavy atom. The Labute approximate surface area is 197 Å². The Balaban J connectivity index is 1.70. The lowest BCUT2D eigenvalue weighted by atomic mass is 10.2. The zero-order valence-electron chi connectivity index (χ0n) is 19.0. The Hall–Kier alpha value is -3.44. The third kappa shape index (κ3) is 3.70. The number of hydrogen-bond acceptors (Lipinski definition) is 8. The first-order chi connectivity index (χ1) is 16.3. The van der Waals surface area contributed by atoms with E-state index in [1.165, 1.54) is 10.2 Å². The molecule has 10 nitrogen and oxygen atoms in total. The molecular formula is C23H26N6O4S. The molecule has 0 amide bonds. The predicted molar refractivity (Wildman–Crippen MR) is 128 cm³/mol. The molecule has 1 aromatic carbocycles. The van der Waals surface area contributed by atoms with Crippen LogP contribution in [0.1, 0.15) is 24.7 Å². The minimum absolute atomic E-state index is 0.00302. The van der Waals surface area contributed by atoms with E-state index in [9.17, 15) is 13.2 Å². The van der Waals surface area contributed by atoms with Gasteiger partial charge in [0.2, 0.25) is 0 Å². The number of esters is 1. The summed E-state index contributed by atoms with van der Waals surface area (Å²) in [7, 11) is -3.85. The fraction of sp³-hybridized carbons (Fsp3) is 0.348. The van der Waals surface area contributed by atoms with E-state index in [1.54, 1.807) is 43.5 Å². The van der Waals surface area contributed by atoms with Gasteiger partial charge in [-0.3, -0.25) is 4.79 Å². The monoisotopic (exact) mass is 482 g/mol. The number of benzene rings is 1. The third-order valence-electron chi connectivity index (χ3n) is 6.01. The number of imidazole rings is 1. The zero-order chi connectivity index (χ0) is 24.0. The number of hydrogen-bond donors (Lipinski definition) is 1. The summed E-state index contributed by atoms with van der Waals surface area (Å²) in [6.07, 6.45) is 3.83. The summed E-state index contributed by atoms with van der Waals surface area (Å²) in [6.45, 7) is 5.21. The van der Waals surface area contributed by atoms with Gasteiger partial charge in [0.05, 0.1) is 17.7 Å². The normalized spacial score (nSPS) is 16.6. The van der Waals surface area contributed by atoms with E-state index >= 15 is 0 Å². The Morgan fingerprint density at radius 2 is 2.00 bits per heavy atom. The highest BCUT2D eigenvalue weighted by Crippen LogP contribution is 2.29. The van der Waals surface area contributed by atoms with Crippen LogP contribution in [-0.2, 0) is 26.0 Å². The molecule has 34 heavy (non-hydrogen) atoms. The van der Waals surface area contributed by atoms with E-state index in [0.717, 1.165) is 12.0 Å². The van der Waals surface area contributed by atoms with Gasteiger partial charge in [-0.15, -0.1) is 0 Å².